The summed E-state index contributed by atoms with van der Waals surface area (Å²) in [5.41, 5.74) is 2.87. The molecule has 1 N–H and O–H groups in total. The SMILES string of the molecule is COc1ccc2c(c1)C(NCc1c(F)cccc1N1CCCC1)CCCO2. The van der Waals surface area contributed by atoms with Gasteiger partial charge in [0, 0.05) is 42.5 Å². The predicted octanol–water partition coefficient (Wildman–Crippen LogP) is 4.44. The van der Waals surface area contributed by atoms with Crippen molar-refractivity contribution >= 4 is 5.69 Å². The molecule has 5 heteroatoms. The Morgan fingerprint density at radius 1 is 1.19 bits per heavy atom. The number of rotatable bonds is 5. The number of methoxy groups -OCH3 is 1. The van der Waals surface area contributed by atoms with Gasteiger partial charge >= 0.3 is 0 Å². The molecular formula is C22H27FN2O2. The molecule has 2 aliphatic rings. The van der Waals surface area contributed by atoms with Gasteiger partial charge in [-0.1, -0.05) is 6.07 Å². The maximum Gasteiger partial charge on any atom is 0.129 e. The van der Waals surface area contributed by atoms with Crippen molar-refractivity contribution in [3.63, 3.8) is 0 Å². The molecule has 1 saturated heterocycles. The highest BCUT2D eigenvalue weighted by Gasteiger charge is 2.23. The van der Waals surface area contributed by atoms with Gasteiger partial charge in [0.2, 0.25) is 0 Å². The maximum atomic E-state index is 14.6. The van der Waals surface area contributed by atoms with Crippen LogP contribution in [-0.2, 0) is 6.54 Å². The molecule has 0 bridgehead atoms. The Kier molecular flexibility index (Phi) is 5.48. The van der Waals surface area contributed by atoms with Crippen LogP contribution in [0, 0.1) is 5.82 Å². The zero-order valence-corrected chi connectivity index (χ0v) is 15.8. The highest BCUT2D eigenvalue weighted by Crippen LogP contribution is 2.35. The van der Waals surface area contributed by atoms with Gasteiger partial charge in [0.05, 0.1) is 13.7 Å². The van der Waals surface area contributed by atoms with E-state index in [0.717, 1.165) is 54.2 Å². The average Bonchev–Trinajstić information content (AvgIpc) is 3.15. The minimum atomic E-state index is -0.136. The molecule has 2 aromatic rings. The van der Waals surface area contributed by atoms with Gasteiger partial charge in [0.25, 0.3) is 0 Å². The highest BCUT2D eigenvalue weighted by atomic mass is 19.1. The first-order valence-corrected chi connectivity index (χ1v) is 9.82. The summed E-state index contributed by atoms with van der Waals surface area (Å²) >= 11 is 0. The number of halogens is 1. The zero-order valence-electron chi connectivity index (χ0n) is 15.8. The van der Waals surface area contributed by atoms with Crippen LogP contribution in [0.4, 0.5) is 10.1 Å². The number of fused-ring (bicyclic) bond motifs is 1. The first-order valence-electron chi connectivity index (χ1n) is 9.82. The lowest BCUT2D eigenvalue weighted by Gasteiger charge is -2.24. The van der Waals surface area contributed by atoms with E-state index in [0.29, 0.717) is 13.2 Å². The molecule has 0 amide bonds. The van der Waals surface area contributed by atoms with Crippen LogP contribution in [0.25, 0.3) is 0 Å². The van der Waals surface area contributed by atoms with Crippen LogP contribution in [0.2, 0.25) is 0 Å². The number of hydrogen-bond acceptors (Lipinski definition) is 4. The van der Waals surface area contributed by atoms with Gasteiger partial charge in [-0.25, -0.2) is 4.39 Å². The molecule has 2 aromatic carbocycles. The van der Waals surface area contributed by atoms with Crippen molar-refractivity contribution in [3.8, 4) is 11.5 Å². The summed E-state index contributed by atoms with van der Waals surface area (Å²) in [7, 11) is 1.67. The summed E-state index contributed by atoms with van der Waals surface area (Å²) in [5, 5.41) is 3.59. The Bertz CT molecular complexity index is 790. The van der Waals surface area contributed by atoms with Gasteiger partial charge in [-0.2, -0.15) is 0 Å². The third-order valence-electron chi connectivity index (χ3n) is 5.55. The number of hydrogen-bond donors (Lipinski definition) is 1. The quantitative estimate of drug-likeness (QED) is 0.844. The number of ether oxygens (including phenoxy) is 2. The molecular weight excluding hydrogens is 343 g/mol. The van der Waals surface area contributed by atoms with E-state index in [1.807, 2.05) is 30.3 Å². The second kappa shape index (κ2) is 8.17. The molecule has 2 heterocycles. The largest absolute Gasteiger partial charge is 0.497 e. The topological polar surface area (TPSA) is 33.7 Å². The van der Waals surface area contributed by atoms with E-state index in [4.69, 9.17) is 9.47 Å². The fourth-order valence-corrected chi connectivity index (χ4v) is 4.10. The summed E-state index contributed by atoms with van der Waals surface area (Å²) in [6.45, 7) is 3.22. The number of nitrogens with zero attached hydrogens (tertiary/aromatic N) is 1. The van der Waals surface area contributed by atoms with Crippen LogP contribution in [0.15, 0.2) is 36.4 Å². The molecule has 1 unspecified atom stereocenters. The molecule has 2 aliphatic heterocycles. The van der Waals surface area contributed by atoms with Gasteiger partial charge in [0.1, 0.15) is 17.3 Å². The lowest BCUT2D eigenvalue weighted by molar-refractivity contribution is 0.314. The van der Waals surface area contributed by atoms with E-state index < -0.39 is 0 Å². The van der Waals surface area contributed by atoms with E-state index >= 15 is 0 Å². The Morgan fingerprint density at radius 3 is 2.85 bits per heavy atom. The third kappa shape index (κ3) is 3.88. The van der Waals surface area contributed by atoms with E-state index in [1.165, 1.54) is 12.8 Å². The Labute approximate surface area is 160 Å². The van der Waals surface area contributed by atoms with Crippen molar-refractivity contribution in [2.75, 3.05) is 31.7 Å². The monoisotopic (exact) mass is 370 g/mol. The summed E-state index contributed by atoms with van der Waals surface area (Å²) in [4.78, 5) is 2.30. The van der Waals surface area contributed by atoms with Gasteiger partial charge < -0.3 is 19.7 Å². The van der Waals surface area contributed by atoms with Gasteiger partial charge in [-0.05, 0) is 56.0 Å². The molecule has 1 atom stereocenters. The Balaban J connectivity index is 1.57. The molecule has 0 radical (unpaired) electrons. The first kappa shape index (κ1) is 18.1. The maximum absolute atomic E-state index is 14.6. The standard InChI is InChI=1S/C22H27FN2O2/c1-26-16-9-10-22-17(14-16)20(7-5-13-27-22)24-15-18-19(23)6-4-8-21(18)25-11-2-3-12-25/h4,6,8-10,14,20,24H,2-3,5,7,11-13,15H2,1H3. The number of anilines is 1. The van der Waals surface area contributed by atoms with Gasteiger partial charge in [-0.15, -0.1) is 0 Å². The van der Waals surface area contributed by atoms with Crippen LogP contribution < -0.4 is 19.7 Å². The molecule has 0 aromatic heterocycles. The van der Waals surface area contributed by atoms with Crippen molar-refractivity contribution in [2.45, 2.75) is 38.3 Å². The van der Waals surface area contributed by atoms with Crippen LogP contribution in [0.5, 0.6) is 11.5 Å². The molecule has 27 heavy (non-hydrogen) atoms. The minimum absolute atomic E-state index is 0.114. The normalized spacial score (nSPS) is 19.3. The Hall–Kier alpha value is -2.27. The summed E-state index contributed by atoms with van der Waals surface area (Å²) < 4.78 is 25.9. The first-order chi connectivity index (χ1) is 13.3. The second-order valence-corrected chi connectivity index (χ2v) is 7.26. The summed E-state index contributed by atoms with van der Waals surface area (Å²) in [6.07, 6.45) is 4.27. The fraction of sp³-hybridized carbons (Fsp3) is 0.455. The fourth-order valence-electron chi connectivity index (χ4n) is 4.10. The van der Waals surface area contributed by atoms with Crippen LogP contribution in [0.3, 0.4) is 0 Å². The van der Waals surface area contributed by atoms with Gasteiger partial charge in [0.15, 0.2) is 0 Å². The van der Waals surface area contributed by atoms with Crippen molar-refractivity contribution < 1.29 is 13.9 Å². The van der Waals surface area contributed by atoms with Crippen LogP contribution in [-0.4, -0.2) is 26.8 Å². The summed E-state index contributed by atoms with van der Waals surface area (Å²) in [5.74, 6) is 1.57. The van der Waals surface area contributed by atoms with Crippen LogP contribution in [0.1, 0.15) is 42.9 Å². The third-order valence-corrected chi connectivity index (χ3v) is 5.55. The molecule has 0 saturated carbocycles. The smallest absolute Gasteiger partial charge is 0.129 e. The molecule has 0 aliphatic carbocycles. The summed E-state index contributed by atoms with van der Waals surface area (Å²) in [6, 6.07) is 11.4. The predicted molar refractivity (Wildman–Crippen MR) is 105 cm³/mol. The molecule has 1 fully saturated rings. The van der Waals surface area contributed by atoms with Crippen molar-refractivity contribution in [1.29, 1.82) is 0 Å². The molecule has 144 valence electrons. The lowest BCUT2D eigenvalue weighted by atomic mass is 10.0. The molecule has 4 rings (SSSR count). The van der Waals surface area contributed by atoms with Crippen molar-refractivity contribution in [3.05, 3.63) is 53.3 Å². The average molecular weight is 370 g/mol. The molecule has 4 nitrogen and oxygen atoms in total. The van der Waals surface area contributed by atoms with E-state index in [2.05, 4.69) is 10.2 Å². The Morgan fingerprint density at radius 2 is 2.04 bits per heavy atom. The van der Waals surface area contributed by atoms with Crippen molar-refractivity contribution in [2.24, 2.45) is 0 Å². The zero-order chi connectivity index (χ0) is 18.6. The highest BCUT2D eigenvalue weighted by molar-refractivity contribution is 5.55. The second-order valence-electron chi connectivity index (χ2n) is 7.26. The van der Waals surface area contributed by atoms with Crippen molar-refractivity contribution in [1.82, 2.24) is 5.32 Å². The van der Waals surface area contributed by atoms with E-state index in [1.54, 1.807) is 13.2 Å². The number of benzene rings is 2. The lowest BCUT2D eigenvalue weighted by Crippen LogP contribution is -2.25. The number of nitrogens with one attached hydrogen (secondary N) is 1. The van der Waals surface area contributed by atoms with E-state index in [9.17, 15) is 4.39 Å². The van der Waals surface area contributed by atoms with Crippen LogP contribution >= 0.6 is 0 Å². The molecule has 0 spiro atoms. The van der Waals surface area contributed by atoms with E-state index in [-0.39, 0.29) is 11.9 Å². The minimum Gasteiger partial charge on any atom is -0.497 e. The van der Waals surface area contributed by atoms with Gasteiger partial charge in [-0.3, -0.25) is 0 Å².